The predicted octanol–water partition coefficient (Wildman–Crippen LogP) is 0.168. The third-order valence-corrected chi connectivity index (χ3v) is 4.20. The fraction of sp³-hybridized carbons (Fsp3) is 0.750. The molecule has 1 aliphatic heterocycles. The van der Waals surface area contributed by atoms with E-state index in [9.17, 15) is 5.11 Å². The Morgan fingerprint density at radius 3 is 2.94 bits per heavy atom. The third-order valence-electron chi connectivity index (χ3n) is 4.20. The van der Waals surface area contributed by atoms with Gasteiger partial charge in [0.05, 0.1) is 12.6 Å². The second kappa shape index (κ2) is 4.31. The Hall–Kier alpha value is -1.07. The van der Waals surface area contributed by atoms with Gasteiger partial charge < -0.3 is 15.7 Å². The molecule has 3 N–H and O–H groups in total. The Bertz CT molecular complexity index is 392. The van der Waals surface area contributed by atoms with E-state index in [1.165, 1.54) is 6.42 Å². The number of likely N-dealkylation sites (tertiary alicyclic amines) is 1. The molecule has 2 fully saturated rings. The van der Waals surface area contributed by atoms with Crippen LogP contribution in [0.2, 0.25) is 0 Å². The Labute approximate surface area is 101 Å². The summed E-state index contributed by atoms with van der Waals surface area (Å²) in [7, 11) is 0. The number of aromatic nitrogens is 2. The molecule has 1 saturated carbocycles. The summed E-state index contributed by atoms with van der Waals surface area (Å²) in [4.78, 5) is 2.44. The molecule has 3 atom stereocenters. The van der Waals surface area contributed by atoms with Crippen LogP contribution in [-0.4, -0.2) is 45.5 Å². The van der Waals surface area contributed by atoms with Crippen molar-refractivity contribution in [3.05, 3.63) is 12.3 Å². The Kier molecular flexibility index (Phi) is 2.80. The lowest BCUT2D eigenvalue weighted by atomic mass is 10.00. The summed E-state index contributed by atoms with van der Waals surface area (Å²) in [6, 6.07) is 1.82. The zero-order valence-corrected chi connectivity index (χ0v) is 10.00. The van der Waals surface area contributed by atoms with Crippen molar-refractivity contribution in [1.82, 2.24) is 14.7 Å². The normalized spacial score (nSPS) is 33.1. The van der Waals surface area contributed by atoms with E-state index in [4.69, 9.17) is 5.73 Å². The van der Waals surface area contributed by atoms with E-state index in [-0.39, 0.29) is 6.10 Å². The maximum atomic E-state index is 9.84. The zero-order chi connectivity index (χ0) is 11.8. The maximum absolute atomic E-state index is 9.84. The maximum Gasteiger partial charge on any atom is 0.145 e. The van der Waals surface area contributed by atoms with Crippen LogP contribution in [0.5, 0.6) is 0 Å². The molecule has 1 aromatic rings. The van der Waals surface area contributed by atoms with E-state index in [2.05, 4.69) is 10.00 Å². The van der Waals surface area contributed by atoms with Gasteiger partial charge in [0, 0.05) is 31.7 Å². The molecule has 2 aliphatic rings. The third kappa shape index (κ3) is 2.17. The van der Waals surface area contributed by atoms with Crippen LogP contribution < -0.4 is 5.73 Å². The summed E-state index contributed by atoms with van der Waals surface area (Å²) in [6.45, 7) is 4.06. The zero-order valence-electron chi connectivity index (χ0n) is 10.00. The fourth-order valence-electron chi connectivity index (χ4n) is 3.26. The molecule has 0 radical (unpaired) electrons. The van der Waals surface area contributed by atoms with Crippen molar-refractivity contribution in [3.63, 3.8) is 0 Å². The van der Waals surface area contributed by atoms with Crippen LogP contribution in [0.3, 0.4) is 0 Å². The lowest BCUT2D eigenvalue weighted by Gasteiger charge is -2.17. The van der Waals surface area contributed by atoms with Crippen molar-refractivity contribution in [2.45, 2.75) is 25.5 Å². The largest absolute Gasteiger partial charge is 0.393 e. The highest BCUT2D eigenvalue weighted by Gasteiger charge is 2.41. The van der Waals surface area contributed by atoms with Crippen LogP contribution in [0.1, 0.15) is 12.8 Å². The first-order valence-corrected chi connectivity index (χ1v) is 6.42. The Morgan fingerprint density at radius 1 is 1.35 bits per heavy atom. The van der Waals surface area contributed by atoms with Gasteiger partial charge in [0.15, 0.2) is 0 Å². The number of aliphatic hydroxyl groups is 1. The second-order valence-electron chi connectivity index (χ2n) is 5.33. The van der Waals surface area contributed by atoms with Crippen molar-refractivity contribution < 1.29 is 5.11 Å². The lowest BCUT2D eigenvalue weighted by Crippen LogP contribution is -2.28. The number of hydrogen-bond acceptors (Lipinski definition) is 4. The topological polar surface area (TPSA) is 67.3 Å². The number of anilines is 1. The van der Waals surface area contributed by atoms with Gasteiger partial charge in [0.2, 0.25) is 0 Å². The molecular weight excluding hydrogens is 216 g/mol. The molecule has 17 heavy (non-hydrogen) atoms. The minimum atomic E-state index is -0.0645. The van der Waals surface area contributed by atoms with Gasteiger partial charge in [0.25, 0.3) is 0 Å². The quantitative estimate of drug-likeness (QED) is 0.785. The van der Waals surface area contributed by atoms with Gasteiger partial charge in [-0.3, -0.25) is 4.68 Å². The fourth-order valence-corrected chi connectivity index (χ4v) is 3.26. The highest BCUT2D eigenvalue weighted by Crippen LogP contribution is 2.37. The van der Waals surface area contributed by atoms with Crippen LogP contribution in [0.4, 0.5) is 5.82 Å². The van der Waals surface area contributed by atoms with E-state index in [0.717, 1.165) is 32.6 Å². The van der Waals surface area contributed by atoms with E-state index in [0.29, 0.717) is 17.7 Å². The van der Waals surface area contributed by atoms with Gasteiger partial charge in [0.1, 0.15) is 5.82 Å². The lowest BCUT2D eigenvalue weighted by molar-refractivity contribution is 0.124. The average molecular weight is 236 g/mol. The summed E-state index contributed by atoms with van der Waals surface area (Å²) < 4.78 is 1.89. The Balaban J connectivity index is 1.51. The van der Waals surface area contributed by atoms with Crippen molar-refractivity contribution >= 4 is 5.82 Å². The van der Waals surface area contributed by atoms with Gasteiger partial charge in [-0.25, -0.2) is 0 Å². The first-order chi connectivity index (χ1) is 8.22. The molecule has 0 aromatic carbocycles. The van der Waals surface area contributed by atoms with E-state index in [1.807, 2.05) is 16.9 Å². The summed E-state index contributed by atoms with van der Waals surface area (Å²) in [5.74, 6) is 1.81. The van der Waals surface area contributed by atoms with Crippen LogP contribution in [0.15, 0.2) is 12.3 Å². The molecule has 0 spiro atoms. The van der Waals surface area contributed by atoms with Crippen molar-refractivity contribution in [2.24, 2.45) is 11.8 Å². The number of rotatable bonds is 3. The molecular formula is C12H20N4O. The summed E-state index contributed by atoms with van der Waals surface area (Å²) in [5, 5.41) is 14.0. The number of nitrogens with zero attached hydrogens (tertiary/aromatic N) is 3. The standard InChI is InChI=1S/C12H20N4O/c13-12-3-4-16(14-12)6-5-15-7-9-1-2-11(17)10(9)8-15/h3-4,9-11,17H,1-2,5-8H2,(H2,13,14). The van der Waals surface area contributed by atoms with Crippen molar-refractivity contribution in [3.8, 4) is 0 Å². The predicted molar refractivity (Wildman–Crippen MR) is 65.3 cm³/mol. The minimum absolute atomic E-state index is 0.0645. The molecule has 3 rings (SSSR count). The summed E-state index contributed by atoms with van der Waals surface area (Å²) in [6.07, 6.45) is 4.04. The molecule has 1 saturated heterocycles. The molecule has 0 amide bonds. The minimum Gasteiger partial charge on any atom is -0.393 e. The highest BCUT2D eigenvalue weighted by molar-refractivity contribution is 5.23. The monoisotopic (exact) mass is 236 g/mol. The number of nitrogen functional groups attached to an aromatic ring is 1. The number of fused-ring (bicyclic) bond motifs is 1. The van der Waals surface area contributed by atoms with Gasteiger partial charge in [-0.05, 0) is 24.8 Å². The number of nitrogens with two attached hydrogens (primary N) is 1. The van der Waals surface area contributed by atoms with E-state index in [1.54, 1.807) is 0 Å². The van der Waals surface area contributed by atoms with Gasteiger partial charge in [-0.2, -0.15) is 5.10 Å². The second-order valence-corrected chi connectivity index (χ2v) is 5.33. The molecule has 3 unspecified atom stereocenters. The van der Waals surface area contributed by atoms with E-state index >= 15 is 0 Å². The molecule has 0 bridgehead atoms. The smallest absolute Gasteiger partial charge is 0.145 e. The number of aliphatic hydroxyl groups excluding tert-OH is 1. The van der Waals surface area contributed by atoms with Crippen LogP contribution in [-0.2, 0) is 6.54 Å². The van der Waals surface area contributed by atoms with Gasteiger partial charge in [-0.1, -0.05) is 0 Å². The molecule has 5 nitrogen and oxygen atoms in total. The van der Waals surface area contributed by atoms with Crippen molar-refractivity contribution in [2.75, 3.05) is 25.4 Å². The van der Waals surface area contributed by atoms with Crippen molar-refractivity contribution in [1.29, 1.82) is 0 Å². The Morgan fingerprint density at radius 2 is 2.24 bits per heavy atom. The highest BCUT2D eigenvalue weighted by atomic mass is 16.3. The SMILES string of the molecule is Nc1ccn(CCN2CC3CCC(O)C3C2)n1. The van der Waals surface area contributed by atoms with Crippen LogP contribution in [0.25, 0.3) is 0 Å². The molecule has 2 heterocycles. The van der Waals surface area contributed by atoms with Crippen LogP contribution >= 0.6 is 0 Å². The molecule has 1 aromatic heterocycles. The van der Waals surface area contributed by atoms with Gasteiger partial charge >= 0.3 is 0 Å². The first-order valence-electron chi connectivity index (χ1n) is 6.42. The van der Waals surface area contributed by atoms with E-state index < -0.39 is 0 Å². The first kappa shape index (κ1) is 11.0. The van der Waals surface area contributed by atoms with Crippen LogP contribution in [0, 0.1) is 11.8 Å². The average Bonchev–Trinajstić information content (AvgIpc) is 2.95. The molecule has 94 valence electrons. The molecule has 1 aliphatic carbocycles. The molecule has 5 heteroatoms. The number of hydrogen-bond donors (Lipinski definition) is 2. The van der Waals surface area contributed by atoms with Gasteiger partial charge in [-0.15, -0.1) is 0 Å². The summed E-state index contributed by atoms with van der Waals surface area (Å²) >= 11 is 0. The summed E-state index contributed by atoms with van der Waals surface area (Å²) in [5.41, 5.74) is 5.58.